The van der Waals surface area contributed by atoms with Crippen molar-refractivity contribution >= 4 is 28.2 Å². The van der Waals surface area contributed by atoms with Crippen molar-refractivity contribution in [3.05, 3.63) is 34.4 Å². The zero-order chi connectivity index (χ0) is 18.6. The molecule has 1 atom stereocenters. The van der Waals surface area contributed by atoms with Gasteiger partial charge in [0.25, 0.3) is 5.56 Å². The van der Waals surface area contributed by atoms with E-state index in [9.17, 15) is 14.4 Å². The van der Waals surface area contributed by atoms with Gasteiger partial charge in [-0.15, -0.1) is 0 Å². The van der Waals surface area contributed by atoms with E-state index in [2.05, 4.69) is 4.98 Å². The lowest BCUT2D eigenvalue weighted by atomic mass is 10.1. The van der Waals surface area contributed by atoms with Gasteiger partial charge in [0.1, 0.15) is 11.6 Å². The average Bonchev–Trinajstić information content (AvgIpc) is 2.58. The van der Waals surface area contributed by atoms with Gasteiger partial charge in [-0.05, 0) is 31.9 Å². The van der Waals surface area contributed by atoms with Crippen LogP contribution in [0.5, 0.6) is 0 Å². The second kappa shape index (κ2) is 5.36. The van der Waals surface area contributed by atoms with Gasteiger partial charge in [0.2, 0.25) is 0 Å². The third kappa shape index (κ3) is 2.30. The molecule has 1 aromatic heterocycles. The Labute approximate surface area is 131 Å². The molecule has 0 aliphatic heterocycles. The number of fused-ring (bicyclic) bond motifs is 1. The number of hydrogen-bond acceptors (Lipinski definition) is 5. The summed E-state index contributed by atoms with van der Waals surface area (Å²) in [7, 11) is 0. The summed E-state index contributed by atoms with van der Waals surface area (Å²) >= 11 is 0. The van der Waals surface area contributed by atoms with Crippen molar-refractivity contribution < 1.29 is 13.7 Å². The van der Waals surface area contributed by atoms with Crippen LogP contribution in [0.2, 0.25) is 0 Å². The number of nitrogens with zero attached hydrogens (tertiary/aromatic N) is 2. The van der Waals surface area contributed by atoms with E-state index in [1.807, 2.05) is 0 Å². The van der Waals surface area contributed by atoms with Gasteiger partial charge >= 0.3 is 0 Å². The lowest BCUT2D eigenvalue weighted by molar-refractivity contribution is -0.127. The Morgan fingerprint density at radius 3 is 2.95 bits per heavy atom. The first-order valence-corrected chi connectivity index (χ1v) is 6.93. The maximum atomic E-state index is 13.0. The van der Waals surface area contributed by atoms with E-state index in [0.29, 0.717) is 5.52 Å². The van der Waals surface area contributed by atoms with Gasteiger partial charge in [-0.25, -0.2) is 4.98 Å². The number of benzene rings is 1. The second-order valence-electron chi connectivity index (χ2n) is 5.19. The molecule has 0 radical (unpaired) electrons. The quantitative estimate of drug-likeness (QED) is 0.490. The molecule has 1 aliphatic carbocycles. The molecule has 1 saturated carbocycles. The molecule has 6 heteroatoms. The minimum Gasteiger partial charge on any atom is -0.398 e. The lowest BCUT2D eigenvalue weighted by Gasteiger charge is -2.19. The van der Waals surface area contributed by atoms with E-state index in [4.69, 9.17) is 9.85 Å². The molecule has 1 heterocycles. The zero-order valence-electron chi connectivity index (χ0n) is 15.0. The fourth-order valence-electron chi connectivity index (χ4n) is 2.69. The Morgan fingerprint density at radius 2 is 2.18 bits per heavy atom. The van der Waals surface area contributed by atoms with Gasteiger partial charge in [0.05, 0.1) is 24.7 Å². The molecule has 6 nitrogen and oxygen atoms in total. The Balaban J connectivity index is 2.28. The Hall–Kier alpha value is -2.50. The molecule has 3 rings (SSSR count). The van der Waals surface area contributed by atoms with Crippen molar-refractivity contribution in [3.8, 4) is 0 Å². The predicted octanol–water partition coefficient (Wildman–Crippen LogP) is 1.54. The Morgan fingerprint density at radius 1 is 1.41 bits per heavy atom. The molecule has 0 bridgehead atoms. The summed E-state index contributed by atoms with van der Waals surface area (Å²) in [6.45, 7) is 1.49. The van der Waals surface area contributed by atoms with Gasteiger partial charge in [-0.3, -0.25) is 19.0 Å². The van der Waals surface area contributed by atoms with Crippen LogP contribution in [0, 0.1) is 6.92 Å². The van der Waals surface area contributed by atoms with Crippen LogP contribution < -0.4 is 11.3 Å². The van der Waals surface area contributed by atoms with E-state index in [0.717, 1.165) is 4.57 Å². The van der Waals surface area contributed by atoms with Crippen LogP contribution in [0.25, 0.3) is 10.9 Å². The van der Waals surface area contributed by atoms with Crippen molar-refractivity contribution in [2.45, 2.75) is 38.6 Å². The molecule has 0 unspecified atom stereocenters. The summed E-state index contributed by atoms with van der Waals surface area (Å²) in [5.41, 5.74) is 5.76. The summed E-state index contributed by atoms with van der Waals surface area (Å²) in [4.78, 5) is 41.7. The fraction of sp³-hybridized carbons (Fsp3) is 0.375. The first kappa shape index (κ1) is 11.1. The van der Waals surface area contributed by atoms with Gasteiger partial charge in [-0.1, -0.05) is 6.07 Å². The number of aryl methyl sites for hydroxylation is 1. The standard InChI is InChI=1S/C16H17N3O3/c1-9-18-12-6-3-5-11(17)15(12)16(22)19(9)13-7-2-4-10(20)8-14(13)21/h3,5-6,13H,2,4,7-8,17H2,1H3/t13-/m0/s1/i4D2,13D. The number of rotatable bonds is 1. The van der Waals surface area contributed by atoms with Gasteiger partial charge < -0.3 is 5.73 Å². The number of anilines is 1. The zero-order valence-corrected chi connectivity index (χ0v) is 12.0. The molecule has 1 aromatic carbocycles. The number of ketones is 2. The van der Waals surface area contributed by atoms with E-state index in [-0.39, 0.29) is 29.7 Å². The molecule has 1 fully saturated rings. The summed E-state index contributed by atoms with van der Waals surface area (Å²) in [6, 6.07) is 2.69. The molecule has 2 aromatic rings. The number of nitrogens with two attached hydrogens (primary N) is 1. The van der Waals surface area contributed by atoms with Crippen LogP contribution >= 0.6 is 0 Å². The highest BCUT2D eigenvalue weighted by Crippen LogP contribution is 2.24. The van der Waals surface area contributed by atoms with Crippen molar-refractivity contribution in [1.29, 1.82) is 0 Å². The first-order valence-electron chi connectivity index (χ1n) is 8.43. The molecule has 2 N–H and O–H groups in total. The number of carbonyl (C=O) groups excluding carboxylic acids is 2. The first-order chi connectivity index (χ1) is 11.6. The molecule has 0 saturated heterocycles. The number of aromatic nitrogens is 2. The summed E-state index contributed by atoms with van der Waals surface area (Å²) in [5, 5.41) is 0.103. The van der Waals surface area contributed by atoms with Crippen LogP contribution in [0.1, 0.15) is 41.6 Å². The number of Topliss-reactive ketones (excluding diaryl/α,β-unsaturated/α-hetero) is 2. The average molecular weight is 302 g/mol. The normalized spacial score (nSPS) is 27.0. The minimum atomic E-state index is -2.20. The van der Waals surface area contributed by atoms with E-state index < -0.39 is 35.9 Å². The molecule has 0 spiro atoms. The highest BCUT2D eigenvalue weighted by molar-refractivity contribution is 6.01. The van der Waals surface area contributed by atoms with Crippen molar-refractivity contribution in [1.82, 2.24) is 9.55 Å². The molecular formula is C16H17N3O3. The topological polar surface area (TPSA) is 95.1 Å². The van der Waals surface area contributed by atoms with Crippen molar-refractivity contribution in [2.75, 3.05) is 5.73 Å². The lowest BCUT2D eigenvalue weighted by Crippen LogP contribution is -2.32. The van der Waals surface area contributed by atoms with Crippen molar-refractivity contribution in [3.63, 3.8) is 0 Å². The third-order valence-electron chi connectivity index (χ3n) is 3.69. The van der Waals surface area contributed by atoms with Gasteiger partial charge in [0.15, 0.2) is 5.78 Å². The van der Waals surface area contributed by atoms with E-state index in [1.165, 1.54) is 13.0 Å². The van der Waals surface area contributed by atoms with Crippen LogP contribution in [0.3, 0.4) is 0 Å². The SMILES string of the molecule is [2H]C1([2H])CC[C@]([2H])(n2c(C)nc3cccc(N)c3c2=O)C(=O)CC1=O. The fourth-order valence-corrected chi connectivity index (χ4v) is 2.69. The molecule has 1 aliphatic rings. The van der Waals surface area contributed by atoms with E-state index >= 15 is 0 Å². The van der Waals surface area contributed by atoms with Crippen LogP contribution in [0.15, 0.2) is 23.0 Å². The highest BCUT2D eigenvalue weighted by Gasteiger charge is 2.28. The third-order valence-corrected chi connectivity index (χ3v) is 3.69. The highest BCUT2D eigenvalue weighted by atomic mass is 16.2. The maximum absolute atomic E-state index is 13.0. The largest absolute Gasteiger partial charge is 0.398 e. The summed E-state index contributed by atoms with van der Waals surface area (Å²) in [5.74, 6) is -1.55. The summed E-state index contributed by atoms with van der Waals surface area (Å²) < 4.78 is 25.0. The predicted molar refractivity (Wildman–Crippen MR) is 82.7 cm³/mol. The van der Waals surface area contributed by atoms with E-state index in [1.54, 1.807) is 12.1 Å². The van der Waals surface area contributed by atoms with Crippen LogP contribution in [-0.2, 0) is 9.59 Å². The Bertz CT molecular complexity index is 970. The maximum Gasteiger partial charge on any atom is 0.264 e. The van der Waals surface area contributed by atoms with Crippen LogP contribution in [0.4, 0.5) is 5.69 Å². The molecular weight excluding hydrogens is 282 g/mol. The van der Waals surface area contributed by atoms with Crippen molar-refractivity contribution in [2.24, 2.45) is 0 Å². The number of carbonyl (C=O) groups is 2. The van der Waals surface area contributed by atoms with Gasteiger partial charge in [-0.2, -0.15) is 0 Å². The smallest absolute Gasteiger partial charge is 0.264 e. The van der Waals surface area contributed by atoms with Crippen LogP contribution in [-0.4, -0.2) is 21.1 Å². The Kier molecular flexibility index (Phi) is 2.71. The molecule has 22 heavy (non-hydrogen) atoms. The molecule has 114 valence electrons. The minimum absolute atomic E-state index is 0.103. The second-order valence-corrected chi connectivity index (χ2v) is 5.19. The number of hydrogen-bond donors (Lipinski definition) is 1. The van der Waals surface area contributed by atoms with Gasteiger partial charge in [0, 0.05) is 14.8 Å². The number of nitrogen functional groups attached to an aromatic ring is 1. The summed E-state index contributed by atoms with van der Waals surface area (Å²) in [6.07, 6.45) is -3.55. The monoisotopic (exact) mass is 302 g/mol. The molecule has 0 amide bonds.